The average Bonchev–Trinajstić information content (AvgIpc) is 2.67. The van der Waals surface area contributed by atoms with Crippen LogP contribution in [0.2, 0.25) is 0 Å². The molecule has 0 saturated heterocycles. The van der Waals surface area contributed by atoms with E-state index in [2.05, 4.69) is 10.5 Å². The summed E-state index contributed by atoms with van der Waals surface area (Å²) in [5, 5.41) is 14.0. The molecule has 1 rings (SSSR count). The molecule has 0 radical (unpaired) electrons. The maximum atomic E-state index is 10.9. The molecule has 0 unspecified atom stereocenters. The third-order valence-corrected chi connectivity index (χ3v) is 2.44. The van der Waals surface area contributed by atoms with E-state index in [0.717, 1.165) is 10.6 Å². The quantitative estimate of drug-likeness (QED) is 0.603. The van der Waals surface area contributed by atoms with E-state index in [4.69, 9.17) is 5.26 Å². The lowest BCUT2D eigenvalue weighted by Crippen LogP contribution is -2.17. The van der Waals surface area contributed by atoms with Crippen LogP contribution >= 0.6 is 11.3 Å². The van der Waals surface area contributed by atoms with Crippen molar-refractivity contribution in [1.29, 1.82) is 5.26 Å². The molecule has 0 aliphatic heterocycles. The van der Waals surface area contributed by atoms with Crippen molar-refractivity contribution in [2.75, 3.05) is 0 Å². The summed E-state index contributed by atoms with van der Waals surface area (Å²) in [4.78, 5) is 11.9. The Bertz CT molecular complexity index is 375. The lowest BCUT2D eigenvalue weighted by Gasteiger charge is -1.97. The van der Waals surface area contributed by atoms with Crippen LogP contribution in [0.1, 0.15) is 18.2 Å². The molecular weight excluding hydrogens is 198 g/mol. The van der Waals surface area contributed by atoms with E-state index in [9.17, 15) is 4.79 Å². The van der Waals surface area contributed by atoms with Gasteiger partial charge in [-0.25, -0.2) is 5.43 Å². The number of rotatable bonds is 3. The fourth-order valence-corrected chi connectivity index (χ4v) is 1.47. The van der Waals surface area contributed by atoms with E-state index >= 15 is 0 Å². The average molecular weight is 207 g/mol. The van der Waals surface area contributed by atoms with Crippen LogP contribution in [-0.2, 0) is 4.79 Å². The van der Waals surface area contributed by atoms with Crippen molar-refractivity contribution in [2.24, 2.45) is 5.10 Å². The van der Waals surface area contributed by atoms with Crippen LogP contribution in [0.15, 0.2) is 22.6 Å². The summed E-state index contributed by atoms with van der Waals surface area (Å²) in [6, 6.07) is 5.58. The van der Waals surface area contributed by atoms with Gasteiger partial charge in [0.15, 0.2) is 0 Å². The molecule has 14 heavy (non-hydrogen) atoms. The molecule has 0 fully saturated rings. The Kier molecular flexibility index (Phi) is 3.83. The van der Waals surface area contributed by atoms with Gasteiger partial charge in [0.2, 0.25) is 0 Å². The summed E-state index contributed by atoms with van der Waals surface area (Å²) >= 11 is 1.55. The molecular formula is C9H9N3OS. The van der Waals surface area contributed by atoms with E-state index in [1.54, 1.807) is 24.3 Å². The summed E-state index contributed by atoms with van der Waals surface area (Å²) in [7, 11) is 0. The van der Waals surface area contributed by atoms with Gasteiger partial charge in [0.1, 0.15) is 6.42 Å². The van der Waals surface area contributed by atoms with Crippen LogP contribution in [0.5, 0.6) is 0 Å². The zero-order chi connectivity index (χ0) is 10.4. The number of amides is 1. The third-order valence-electron chi connectivity index (χ3n) is 1.47. The van der Waals surface area contributed by atoms with E-state index in [0.29, 0.717) is 0 Å². The molecule has 0 atom stereocenters. The van der Waals surface area contributed by atoms with Crippen molar-refractivity contribution < 1.29 is 4.79 Å². The number of carbonyl (C=O) groups excluding carboxylic acids is 1. The zero-order valence-corrected chi connectivity index (χ0v) is 8.47. The predicted octanol–water partition coefficient (Wildman–Crippen LogP) is 1.50. The fourth-order valence-electron chi connectivity index (χ4n) is 0.797. The molecule has 1 heterocycles. The van der Waals surface area contributed by atoms with E-state index in [1.165, 1.54) is 0 Å². The highest BCUT2D eigenvalue weighted by molar-refractivity contribution is 7.12. The molecule has 0 spiro atoms. The molecule has 1 aromatic rings. The van der Waals surface area contributed by atoms with Crippen LogP contribution in [0.3, 0.4) is 0 Å². The summed E-state index contributed by atoms with van der Waals surface area (Å²) in [6.07, 6.45) is -0.165. The minimum absolute atomic E-state index is 0.165. The molecule has 1 aromatic heterocycles. The number of carbonyl (C=O) groups is 1. The number of hydrogen-bond donors (Lipinski definition) is 1. The molecule has 4 nitrogen and oxygen atoms in total. The minimum Gasteiger partial charge on any atom is -0.272 e. The molecule has 0 bridgehead atoms. The minimum atomic E-state index is -0.386. The van der Waals surface area contributed by atoms with Gasteiger partial charge in [0.25, 0.3) is 5.91 Å². The van der Waals surface area contributed by atoms with Gasteiger partial charge in [0, 0.05) is 4.88 Å². The second-order valence-electron chi connectivity index (χ2n) is 2.54. The van der Waals surface area contributed by atoms with Crippen molar-refractivity contribution in [2.45, 2.75) is 13.3 Å². The highest BCUT2D eigenvalue weighted by Gasteiger charge is 2.00. The molecule has 0 aliphatic carbocycles. The monoisotopic (exact) mass is 207 g/mol. The van der Waals surface area contributed by atoms with Crippen LogP contribution < -0.4 is 5.43 Å². The van der Waals surface area contributed by atoms with Crippen LogP contribution in [0, 0.1) is 11.3 Å². The standard InChI is InChI=1S/C9H9N3OS/c1-7(8-3-2-6-14-8)11-12-9(13)4-5-10/h2-3,6H,4H2,1H3,(H,12,13)/b11-7-. The predicted molar refractivity (Wildman–Crippen MR) is 54.9 cm³/mol. The van der Waals surface area contributed by atoms with Crippen LogP contribution in [0.4, 0.5) is 0 Å². The summed E-state index contributed by atoms with van der Waals surface area (Å²) in [5.41, 5.74) is 3.05. The smallest absolute Gasteiger partial charge is 0.254 e. The van der Waals surface area contributed by atoms with Gasteiger partial charge in [-0.2, -0.15) is 10.4 Å². The molecule has 0 saturated carbocycles. The topological polar surface area (TPSA) is 65.2 Å². The van der Waals surface area contributed by atoms with Gasteiger partial charge < -0.3 is 0 Å². The number of hydrogen-bond acceptors (Lipinski definition) is 4. The highest BCUT2D eigenvalue weighted by atomic mass is 32.1. The van der Waals surface area contributed by atoms with Crippen molar-refractivity contribution in [3.63, 3.8) is 0 Å². The van der Waals surface area contributed by atoms with Crippen molar-refractivity contribution in [3.8, 4) is 6.07 Å². The first-order valence-corrected chi connectivity index (χ1v) is 4.86. The Balaban J connectivity index is 2.54. The summed E-state index contributed by atoms with van der Waals surface area (Å²) < 4.78 is 0. The molecule has 0 aromatic carbocycles. The Morgan fingerprint density at radius 2 is 2.57 bits per heavy atom. The first-order valence-electron chi connectivity index (χ1n) is 3.98. The largest absolute Gasteiger partial charge is 0.272 e. The maximum absolute atomic E-state index is 10.9. The van der Waals surface area contributed by atoms with Gasteiger partial charge in [-0.1, -0.05) is 6.07 Å². The number of nitrogens with zero attached hydrogens (tertiary/aromatic N) is 2. The first-order chi connectivity index (χ1) is 6.74. The van der Waals surface area contributed by atoms with Gasteiger partial charge in [-0.05, 0) is 18.4 Å². The van der Waals surface area contributed by atoms with Crippen LogP contribution in [-0.4, -0.2) is 11.6 Å². The zero-order valence-electron chi connectivity index (χ0n) is 7.65. The molecule has 72 valence electrons. The van der Waals surface area contributed by atoms with Gasteiger partial charge in [0.05, 0.1) is 11.8 Å². The second-order valence-corrected chi connectivity index (χ2v) is 3.49. The Morgan fingerprint density at radius 3 is 3.14 bits per heavy atom. The molecule has 1 N–H and O–H groups in total. The molecule has 1 amide bonds. The summed E-state index contributed by atoms with van der Waals surface area (Å²) in [5.74, 6) is -0.386. The van der Waals surface area contributed by atoms with Gasteiger partial charge >= 0.3 is 0 Å². The van der Waals surface area contributed by atoms with Crippen molar-refractivity contribution in [1.82, 2.24) is 5.43 Å². The Hall–Kier alpha value is -1.67. The Labute approximate surface area is 85.9 Å². The van der Waals surface area contributed by atoms with Crippen molar-refractivity contribution in [3.05, 3.63) is 22.4 Å². The maximum Gasteiger partial charge on any atom is 0.254 e. The van der Waals surface area contributed by atoms with Gasteiger partial charge in [-0.3, -0.25) is 4.79 Å². The SMILES string of the molecule is C/C(=N/NC(=O)CC#N)c1cccs1. The fraction of sp³-hybridized carbons (Fsp3) is 0.222. The van der Waals surface area contributed by atoms with Crippen molar-refractivity contribution >= 4 is 23.0 Å². The van der Waals surface area contributed by atoms with E-state index < -0.39 is 0 Å². The number of nitriles is 1. The second kappa shape index (κ2) is 5.14. The van der Waals surface area contributed by atoms with E-state index in [1.807, 2.05) is 17.5 Å². The van der Waals surface area contributed by atoms with Crippen LogP contribution in [0.25, 0.3) is 0 Å². The number of hydrazone groups is 1. The molecule has 5 heteroatoms. The normalized spacial score (nSPS) is 10.7. The van der Waals surface area contributed by atoms with E-state index in [-0.39, 0.29) is 12.3 Å². The Morgan fingerprint density at radius 1 is 1.79 bits per heavy atom. The highest BCUT2D eigenvalue weighted by Crippen LogP contribution is 2.08. The molecule has 0 aliphatic rings. The number of thiophene rings is 1. The lowest BCUT2D eigenvalue weighted by atomic mass is 10.3. The summed E-state index contributed by atoms with van der Waals surface area (Å²) in [6.45, 7) is 1.80. The van der Waals surface area contributed by atoms with Gasteiger partial charge in [-0.15, -0.1) is 11.3 Å². The lowest BCUT2D eigenvalue weighted by molar-refractivity contribution is -0.120. The first kappa shape index (κ1) is 10.4. The number of nitrogens with one attached hydrogen (secondary N) is 1. The third kappa shape index (κ3) is 2.99.